The van der Waals surface area contributed by atoms with Crippen molar-refractivity contribution >= 4 is 28.3 Å². The number of hydrogen-bond acceptors (Lipinski definition) is 3. The Hall–Kier alpha value is -2.39. The highest BCUT2D eigenvalue weighted by atomic mass is 35.5. The monoisotopic (exact) mass is 297 g/mol. The van der Waals surface area contributed by atoms with Gasteiger partial charge in [0.2, 0.25) is 0 Å². The summed E-state index contributed by atoms with van der Waals surface area (Å²) in [6, 6.07) is 15.1. The molecule has 3 aromatic rings. The summed E-state index contributed by atoms with van der Waals surface area (Å²) in [7, 11) is 1.37. The zero-order valence-corrected chi connectivity index (χ0v) is 12.1. The van der Waals surface area contributed by atoms with E-state index in [0.717, 1.165) is 21.9 Å². The topological polar surface area (TPSA) is 39.2 Å². The Balaban J connectivity index is 2.28. The van der Waals surface area contributed by atoms with Gasteiger partial charge in [-0.25, -0.2) is 9.78 Å². The summed E-state index contributed by atoms with van der Waals surface area (Å²) < 4.78 is 4.78. The van der Waals surface area contributed by atoms with E-state index in [2.05, 4.69) is 4.98 Å². The Morgan fingerprint density at radius 1 is 1.10 bits per heavy atom. The van der Waals surface area contributed by atoms with Gasteiger partial charge in [-0.2, -0.15) is 0 Å². The first-order chi connectivity index (χ1) is 10.2. The highest BCUT2D eigenvalue weighted by molar-refractivity contribution is 6.32. The fourth-order valence-electron chi connectivity index (χ4n) is 2.34. The number of rotatable bonds is 2. The van der Waals surface area contributed by atoms with Gasteiger partial charge in [-0.15, -0.1) is 0 Å². The number of methoxy groups -OCH3 is 1. The molecule has 104 valence electrons. The number of nitrogens with zero attached hydrogens (tertiary/aromatic N) is 1. The summed E-state index contributed by atoms with van der Waals surface area (Å²) in [5.74, 6) is -0.357. The zero-order valence-electron chi connectivity index (χ0n) is 11.3. The molecule has 0 saturated heterocycles. The molecule has 21 heavy (non-hydrogen) atoms. The lowest BCUT2D eigenvalue weighted by Gasteiger charge is -2.09. The van der Waals surface area contributed by atoms with Crippen LogP contribution in [0.4, 0.5) is 0 Å². The van der Waals surface area contributed by atoms with Crippen molar-refractivity contribution in [3.8, 4) is 11.1 Å². The van der Waals surface area contributed by atoms with E-state index in [1.54, 1.807) is 12.3 Å². The maximum atomic E-state index is 11.7. The normalized spacial score (nSPS) is 10.6. The van der Waals surface area contributed by atoms with E-state index in [1.807, 2.05) is 42.5 Å². The fraction of sp³-hybridized carbons (Fsp3) is 0.0588. The highest BCUT2D eigenvalue weighted by Gasteiger charge is 2.11. The Labute approximate surface area is 127 Å². The van der Waals surface area contributed by atoms with Gasteiger partial charge in [-0.1, -0.05) is 35.9 Å². The van der Waals surface area contributed by atoms with Gasteiger partial charge < -0.3 is 4.74 Å². The largest absolute Gasteiger partial charge is 0.465 e. The third kappa shape index (κ3) is 2.48. The van der Waals surface area contributed by atoms with Crippen LogP contribution in [0.3, 0.4) is 0 Å². The van der Waals surface area contributed by atoms with Crippen molar-refractivity contribution in [2.45, 2.75) is 0 Å². The summed E-state index contributed by atoms with van der Waals surface area (Å²) in [6.07, 6.45) is 1.65. The molecule has 0 atom stereocenters. The molecule has 4 heteroatoms. The lowest BCUT2D eigenvalue weighted by atomic mass is 9.98. The number of esters is 1. The van der Waals surface area contributed by atoms with Gasteiger partial charge in [0.1, 0.15) is 5.15 Å². The third-order valence-electron chi connectivity index (χ3n) is 3.35. The standard InChI is InChI=1S/C17H12ClNO2/c1-21-17(20)12-8-7-11-4-2-5-13(15(11)10-12)14-6-3-9-19-16(14)18/h2-10H,1H3. The molecule has 1 aromatic heterocycles. The average molecular weight is 298 g/mol. The molecule has 0 amide bonds. The van der Waals surface area contributed by atoms with E-state index in [0.29, 0.717) is 10.7 Å². The van der Waals surface area contributed by atoms with Crippen molar-refractivity contribution in [2.24, 2.45) is 0 Å². The molecule has 0 aliphatic rings. The van der Waals surface area contributed by atoms with Crippen LogP contribution in [0.25, 0.3) is 21.9 Å². The second-order valence-corrected chi connectivity index (χ2v) is 4.93. The van der Waals surface area contributed by atoms with Crippen LogP contribution in [-0.4, -0.2) is 18.1 Å². The minimum Gasteiger partial charge on any atom is -0.465 e. The molecule has 1 heterocycles. The van der Waals surface area contributed by atoms with Crippen molar-refractivity contribution in [1.29, 1.82) is 0 Å². The summed E-state index contributed by atoms with van der Waals surface area (Å²) in [5, 5.41) is 2.41. The number of benzene rings is 2. The average Bonchev–Trinajstić information content (AvgIpc) is 2.53. The first-order valence-corrected chi connectivity index (χ1v) is 6.80. The first kappa shape index (κ1) is 13.6. The van der Waals surface area contributed by atoms with E-state index in [1.165, 1.54) is 7.11 Å². The quantitative estimate of drug-likeness (QED) is 0.522. The number of carbonyl (C=O) groups excluding carboxylic acids is 1. The van der Waals surface area contributed by atoms with Gasteiger partial charge in [0.25, 0.3) is 0 Å². The van der Waals surface area contributed by atoms with Crippen molar-refractivity contribution in [2.75, 3.05) is 7.11 Å². The SMILES string of the molecule is COC(=O)c1ccc2cccc(-c3cccnc3Cl)c2c1. The number of pyridine rings is 1. The van der Waals surface area contributed by atoms with Crippen LogP contribution >= 0.6 is 11.6 Å². The van der Waals surface area contributed by atoms with Crippen LogP contribution in [0, 0.1) is 0 Å². The van der Waals surface area contributed by atoms with Gasteiger partial charge in [-0.05, 0) is 40.6 Å². The Kier molecular flexibility index (Phi) is 3.59. The molecule has 0 spiro atoms. The maximum Gasteiger partial charge on any atom is 0.337 e. The van der Waals surface area contributed by atoms with E-state index in [9.17, 15) is 4.79 Å². The predicted octanol–water partition coefficient (Wildman–Crippen LogP) is 4.34. The molecule has 0 aliphatic heterocycles. The van der Waals surface area contributed by atoms with Gasteiger partial charge in [-0.3, -0.25) is 0 Å². The van der Waals surface area contributed by atoms with Crippen molar-refractivity contribution in [3.05, 3.63) is 65.4 Å². The smallest absolute Gasteiger partial charge is 0.337 e. The Bertz CT molecular complexity index is 830. The molecule has 0 fully saturated rings. The van der Waals surface area contributed by atoms with Gasteiger partial charge >= 0.3 is 5.97 Å². The van der Waals surface area contributed by atoms with E-state index < -0.39 is 0 Å². The van der Waals surface area contributed by atoms with E-state index >= 15 is 0 Å². The second-order valence-electron chi connectivity index (χ2n) is 4.57. The van der Waals surface area contributed by atoms with E-state index in [-0.39, 0.29) is 5.97 Å². The zero-order chi connectivity index (χ0) is 14.8. The van der Waals surface area contributed by atoms with Crippen molar-refractivity contribution < 1.29 is 9.53 Å². The Morgan fingerprint density at radius 2 is 1.90 bits per heavy atom. The van der Waals surface area contributed by atoms with Crippen molar-refractivity contribution in [1.82, 2.24) is 4.98 Å². The summed E-state index contributed by atoms with van der Waals surface area (Å²) in [6.45, 7) is 0. The molecule has 3 nitrogen and oxygen atoms in total. The maximum absolute atomic E-state index is 11.7. The number of halogens is 1. The Morgan fingerprint density at radius 3 is 2.67 bits per heavy atom. The second kappa shape index (κ2) is 5.54. The molecular weight excluding hydrogens is 286 g/mol. The number of aromatic nitrogens is 1. The van der Waals surface area contributed by atoms with Crippen LogP contribution in [0.5, 0.6) is 0 Å². The highest BCUT2D eigenvalue weighted by Crippen LogP contribution is 2.32. The molecule has 3 rings (SSSR count). The summed E-state index contributed by atoms with van der Waals surface area (Å²) >= 11 is 6.19. The van der Waals surface area contributed by atoms with Crippen LogP contribution in [0.15, 0.2) is 54.7 Å². The lowest BCUT2D eigenvalue weighted by molar-refractivity contribution is 0.0601. The number of ether oxygens (including phenoxy) is 1. The van der Waals surface area contributed by atoms with Crippen LogP contribution in [0.1, 0.15) is 10.4 Å². The predicted molar refractivity (Wildman–Crippen MR) is 83.5 cm³/mol. The van der Waals surface area contributed by atoms with Gasteiger partial charge in [0, 0.05) is 11.8 Å². The number of hydrogen-bond donors (Lipinski definition) is 0. The summed E-state index contributed by atoms with van der Waals surface area (Å²) in [5.41, 5.74) is 2.29. The third-order valence-corrected chi connectivity index (χ3v) is 3.65. The summed E-state index contributed by atoms with van der Waals surface area (Å²) in [4.78, 5) is 15.8. The molecule has 0 radical (unpaired) electrons. The first-order valence-electron chi connectivity index (χ1n) is 6.42. The molecule has 0 N–H and O–H groups in total. The molecule has 0 bridgehead atoms. The van der Waals surface area contributed by atoms with Crippen LogP contribution in [-0.2, 0) is 4.74 Å². The molecular formula is C17H12ClNO2. The van der Waals surface area contributed by atoms with Crippen molar-refractivity contribution in [3.63, 3.8) is 0 Å². The van der Waals surface area contributed by atoms with Gasteiger partial charge in [0.05, 0.1) is 12.7 Å². The minimum atomic E-state index is -0.357. The number of carbonyl (C=O) groups is 1. The lowest BCUT2D eigenvalue weighted by Crippen LogP contribution is -2.00. The molecule has 0 unspecified atom stereocenters. The molecule has 2 aromatic carbocycles. The number of fused-ring (bicyclic) bond motifs is 1. The molecule has 0 aliphatic carbocycles. The fourth-order valence-corrected chi connectivity index (χ4v) is 2.56. The van der Waals surface area contributed by atoms with Crippen LogP contribution < -0.4 is 0 Å². The molecule has 0 saturated carbocycles. The van der Waals surface area contributed by atoms with Gasteiger partial charge in [0.15, 0.2) is 0 Å². The minimum absolute atomic E-state index is 0.357. The van der Waals surface area contributed by atoms with Crippen LogP contribution in [0.2, 0.25) is 5.15 Å². The van der Waals surface area contributed by atoms with E-state index in [4.69, 9.17) is 16.3 Å².